The molecule has 2 aromatic rings. The van der Waals surface area contributed by atoms with Crippen molar-refractivity contribution in [2.75, 3.05) is 26.8 Å². The first-order valence-electron chi connectivity index (χ1n) is 10.8. The predicted octanol–water partition coefficient (Wildman–Crippen LogP) is 3.81. The van der Waals surface area contributed by atoms with E-state index in [1.165, 1.54) is 0 Å². The van der Waals surface area contributed by atoms with Crippen LogP contribution in [0.5, 0.6) is 11.5 Å². The summed E-state index contributed by atoms with van der Waals surface area (Å²) < 4.78 is 10.2. The topological polar surface area (TPSA) is 80.3 Å². The number of aliphatic hydroxyl groups excluding tert-OH is 1. The number of amides is 1. The summed E-state index contributed by atoms with van der Waals surface area (Å²) in [6, 6.07) is 16.5. The number of rotatable bonds is 13. The normalized spacial score (nSPS) is 12.8. The fourth-order valence-corrected chi connectivity index (χ4v) is 3.11. The van der Waals surface area contributed by atoms with E-state index in [2.05, 4.69) is 12.2 Å². The summed E-state index contributed by atoms with van der Waals surface area (Å²) >= 11 is 0. The SMILES string of the molecule is CCCCN(CC(O)C(Cc1ccccc1)NC(=O)OCC)Oc1ccc(OC)cc1. The molecule has 2 aromatic carbocycles. The Morgan fingerprint density at radius 2 is 1.74 bits per heavy atom. The van der Waals surface area contributed by atoms with Gasteiger partial charge in [0.25, 0.3) is 0 Å². The zero-order valence-corrected chi connectivity index (χ0v) is 18.6. The smallest absolute Gasteiger partial charge is 0.407 e. The molecule has 0 aliphatic rings. The largest absolute Gasteiger partial charge is 0.497 e. The molecular formula is C24H34N2O5. The maximum Gasteiger partial charge on any atom is 0.407 e. The minimum Gasteiger partial charge on any atom is -0.497 e. The van der Waals surface area contributed by atoms with Crippen LogP contribution in [0.2, 0.25) is 0 Å². The summed E-state index contributed by atoms with van der Waals surface area (Å²) in [7, 11) is 1.61. The van der Waals surface area contributed by atoms with E-state index >= 15 is 0 Å². The highest BCUT2D eigenvalue weighted by molar-refractivity contribution is 5.67. The number of hydrogen-bond donors (Lipinski definition) is 2. The quantitative estimate of drug-likeness (QED) is 0.471. The minimum absolute atomic E-state index is 0.232. The van der Waals surface area contributed by atoms with Gasteiger partial charge in [-0.25, -0.2) is 4.79 Å². The molecule has 0 heterocycles. The summed E-state index contributed by atoms with van der Waals surface area (Å²) in [6.07, 6.45) is 0.980. The number of alkyl carbamates (subject to hydrolysis) is 1. The minimum atomic E-state index is -0.861. The van der Waals surface area contributed by atoms with Crippen molar-refractivity contribution in [2.24, 2.45) is 0 Å². The number of hydroxylamine groups is 2. The van der Waals surface area contributed by atoms with Crippen molar-refractivity contribution in [3.8, 4) is 11.5 Å². The number of carbonyl (C=O) groups excluding carboxylic acids is 1. The van der Waals surface area contributed by atoms with Gasteiger partial charge in [0.15, 0.2) is 0 Å². The van der Waals surface area contributed by atoms with Crippen molar-refractivity contribution < 1.29 is 24.2 Å². The predicted molar refractivity (Wildman–Crippen MR) is 120 cm³/mol. The molecule has 0 aromatic heterocycles. The van der Waals surface area contributed by atoms with E-state index in [1.807, 2.05) is 54.6 Å². The average Bonchev–Trinajstić information content (AvgIpc) is 2.78. The lowest BCUT2D eigenvalue weighted by molar-refractivity contribution is -0.0901. The summed E-state index contributed by atoms with van der Waals surface area (Å²) in [6.45, 7) is 5.00. The number of aliphatic hydroxyl groups is 1. The van der Waals surface area contributed by atoms with Crippen LogP contribution in [0.1, 0.15) is 32.3 Å². The molecule has 0 radical (unpaired) electrons. The molecule has 0 fully saturated rings. The van der Waals surface area contributed by atoms with Gasteiger partial charge in [-0.2, -0.15) is 0 Å². The lowest BCUT2D eigenvalue weighted by atomic mass is 10.0. The number of hydrogen-bond acceptors (Lipinski definition) is 6. The Morgan fingerprint density at radius 1 is 1.06 bits per heavy atom. The molecule has 2 atom stereocenters. The van der Waals surface area contributed by atoms with Crippen molar-refractivity contribution in [3.05, 3.63) is 60.2 Å². The van der Waals surface area contributed by atoms with Gasteiger partial charge < -0.3 is 24.7 Å². The van der Waals surface area contributed by atoms with Gasteiger partial charge in [-0.15, -0.1) is 5.06 Å². The Balaban J connectivity index is 2.09. The van der Waals surface area contributed by atoms with E-state index in [4.69, 9.17) is 14.3 Å². The van der Waals surface area contributed by atoms with Crippen LogP contribution in [-0.4, -0.2) is 55.2 Å². The van der Waals surface area contributed by atoms with Crippen molar-refractivity contribution in [1.29, 1.82) is 0 Å². The zero-order chi connectivity index (χ0) is 22.5. The first kappa shape index (κ1) is 24.5. The molecule has 0 saturated heterocycles. The number of carbonyl (C=O) groups is 1. The zero-order valence-electron chi connectivity index (χ0n) is 18.6. The van der Waals surface area contributed by atoms with E-state index in [0.717, 1.165) is 24.2 Å². The molecule has 2 N–H and O–H groups in total. The van der Waals surface area contributed by atoms with Crippen LogP contribution in [0.4, 0.5) is 4.79 Å². The van der Waals surface area contributed by atoms with E-state index in [0.29, 0.717) is 18.7 Å². The van der Waals surface area contributed by atoms with Crippen LogP contribution < -0.4 is 14.9 Å². The van der Waals surface area contributed by atoms with Gasteiger partial charge in [-0.05, 0) is 49.6 Å². The van der Waals surface area contributed by atoms with E-state index in [9.17, 15) is 9.90 Å². The molecule has 1 amide bonds. The number of methoxy groups -OCH3 is 1. The number of unbranched alkanes of at least 4 members (excludes halogenated alkanes) is 1. The van der Waals surface area contributed by atoms with E-state index < -0.39 is 18.2 Å². The Morgan fingerprint density at radius 3 is 2.35 bits per heavy atom. The first-order valence-corrected chi connectivity index (χ1v) is 10.8. The molecule has 0 bridgehead atoms. The lowest BCUT2D eigenvalue weighted by Crippen LogP contribution is -2.50. The third kappa shape index (κ3) is 8.86. The summed E-state index contributed by atoms with van der Waals surface area (Å²) in [5.41, 5.74) is 1.01. The van der Waals surface area contributed by atoms with Crippen molar-refractivity contribution >= 4 is 6.09 Å². The van der Waals surface area contributed by atoms with Crippen molar-refractivity contribution in [2.45, 2.75) is 45.3 Å². The van der Waals surface area contributed by atoms with Gasteiger partial charge >= 0.3 is 6.09 Å². The summed E-state index contributed by atoms with van der Waals surface area (Å²) in [5, 5.41) is 15.5. The molecule has 2 unspecified atom stereocenters. The van der Waals surface area contributed by atoms with Gasteiger partial charge in [0.1, 0.15) is 11.5 Å². The first-order chi connectivity index (χ1) is 15.0. The van der Waals surface area contributed by atoms with Crippen LogP contribution >= 0.6 is 0 Å². The molecule has 0 spiro atoms. The molecule has 2 rings (SSSR count). The summed E-state index contributed by atoms with van der Waals surface area (Å²) in [5.74, 6) is 1.40. The Labute approximate surface area is 184 Å². The molecule has 7 nitrogen and oxygen atoms in total. The van der Waals surface area contributed by atoms with Crippen LogP contribution in [-0.2, 0) is 11.2 Å². The highest BCUT2D eigenvalue weighted by atomic mass is 16.7. The Kier molecular flexibility index (Phi) is 10.7. The standard InChI is InChI=1S/C24H34N2O5/c1-4-6-16-26(31-21-14-12-20(29-3)13-15-21)18-23(27)22(25-24(28)30-5-2)17-19-10-8-7-9-11-19/h7-15,22-23,27H,4-6,16-18H2,1-3H3,(H,25,28). The monoisotopic (exact) mass is 430 g/mol. The van der Waals surface area contributed by atoms with Gasteiger partial charge in [0.2, 0.25) is 0 Å². The molecule has 0 aliphatic carbocycles. The molecule has 0 saturated carbocycles. The van der Waals surface area contributed by atoms with Gasteiger partial charge in [-0.3, -0.25) is 0 Å². The van der Waals surface area contributed by atoms with E-state index in [-0.39, 0.29) is 13.2 Å². The highest BCUT2D eigenvalue weighted by Gasteiger charge is 2.25. The second kappa shape index (κ2) is 13.5. The molecule has 31 heavy (non-hydrogen) atoms. The molecule has 0 aliphatic heterocycles. The van der Waals surface area contributed by atoms with Crippen molar-refractivity contribution in [1.82, 2.24) is 10.4 Å². The number of benzene rings is 2. The second-order valence-electron chi connectivity index (χ2n) is 7.24. The number of nitrogens with zero attached hydrogens (tertiary/aromatic N) is 1. The lowest BCUT2D eigenvalue weighted by Gasteiger charge is -2.29. The van der Waals surface area contributed by atoms with E-state index in [1.54, 1.807) is 19.1 Å². The van der Waals surface area contributed by atoms with Gasteiger partial charge in [-0.1, -0.05) is 43.7 Å². The van der Waals surface area contributed by atoms with Crippen LogP contribution in [0, 0.1) is 0 Å². The third-order valence-electron chi connectivity index (χ3n) is 4.79. The number of ether oxygens (including phenoxy) is 2. The second-order valence-corrected chi connectivity index (χ2v) is 7.24. The van der Waals surface area contributed by atoms with Crippen LogP contribution in [0.15, 0.2) is 54.6 Å². The fraction of sp³-hybridized carbons (Fsp3) is 0.458. The fourth-order valence-electron chi connectivity index (χ4n) is 3.11. The molecule has 7 heteroatoms. The Bertz CT molecular complexity index is 754. The molecule has 170 valence electrons. The third-order valence-corrected chi connectivity index (χ3v) is 4.79. The molecular weight excluding hydrogens is 396 g/mol. The average molecular weight is 431 g/mol. The van der Waals surface area contributed by atoms with Crippen LogP contribution in [0.3, 0.4) is 0 Å². The maximum absolute atomic E-state index is 12.1. The van der Waals surface area contributed by atoms with Gasteiger partial charge in [0, 0.05) is 6.54 Å². The van der Waals surface area contributed by atoms with Crippen LogP contribution in [0.25, 0.3) is 0 Å². The van der Waals surface area contributed by atoms with Gasteiger partial charge in [0.05, 0.1) is 32.4 Å². The summed E-state index contributed by atoms with van der Waals surface area (Å²) in [4.78, 5) is 18.1. The highest BCUT2D eigenvalue weighted by Crippen LogP contribution is 2.19. The maximum atomic E-state index is 12.1. The Hall–Kier alpha value is -2.77. The van der Waals surface area contributed by atoms with Crippen molar-refractivity contribution in [3.63, 3.8) is 0 Å². The number of nitrogens with one attached hydrogen (secondary N) is 1.